The lowest BCUT2D eigenvalue weighted by molar-refractivity contribution is -0.144. The average Bonchev–Trinajstić information content (AvgIpc) is 2.26. The number of ether oxygens (including phenoxy) is 3. The Morgan fingerprint density at radius 2 is 2.36 bits per heavy atom. The van der Waals surface area contributed by atoms with E-state index >= 15 is 0 Å². The van der Waals surface area contributed by atoms with Gasteiger partial charge in [-0.1, -0.05) is 0 Å². The van der Waals surface area contributed by atoms with E-state index in [4.69, 9.17) is 14.2 Å². The van der Waals surface area contributed by atoms with Gasteiger partial charge in [-0.3, -0.25) is 0 Å². The van der Waals surface area contributed by atoms with Crippen molar-refractivity contribution in [3.05, 3.63) is 6.92 Å². The zero-order valence-electron chi connectivity index (χ0n) is 7.13. The summed E-state index contributed by atoms with van der Waals surface area (Å²) in [5, 5.41) is 0. The van der Waals surface area contributed by atoms with Crippen molar-refractivity contribution in [1.29, 1.82) is 0 Å². The molecule has 0 aromatic rings. The summed E-state index contributed by atoms with van der Waals surface area (Å²) in [5.74, 6) is -0.435. The van der Waals surface area contributed by atoms with Crippen LogP contribution in [0.3, 0.4) is 0 Å². The second-order valence-corrected chi connectivity index (χ2v) is 3.03. The highest BCUT2D eigenvalue weighted by Crippen LogP contribution is 2.21. The van der Waals surface area contributed by atoms with Crippen LogP contribution in [0.5, 0.6) is 0 Å². The maximum Gasteiger partial charge on any atom is 0.163 e. The largest absolute Gasteiger partial charge is 0.379 e. The van der Waals surface area contributed by atoms with Crippen molar-refractivity contribution in [1.82, 2.24) is 0 Å². The standard InChI is InChI=1S/C8H15O3/c1-4-9-5-7-6-10-8(2,3)11-7/h7H,1,4-6H2,2-3H3. The Hall–Kier alpha value is -0.120. The molecule has 0 saturated carbocycles. The second-order valence-electron chi connectivity index (χ2n) is 3.03. The van der Waals surface area contributed by atoms with E-state index in [2.05, 4.69) is 6.92 Å². The summed E-state index contributed by atoms with van der Waals surface area (Å²) in [5.41, 5.74) is 0. The van der Waals surface area contributed by atoms with Crippen LogP contribution in [0.4, 0.5) is 0 Å². The van der Waals surface area contributed by atoms with E-state index in [-0.39, 0.29) is 6.10 Å². The molecule has 1 aliphatic rings. The van der Waals surface area contributed by atoms with E-state index in [0.717, 1.165) is 0 Å². The van der Waals surface area contributed by atoms with Gasteiger partial charge in [-0.05, 0) is 20.8 Å². The van der Waals surface area contributed by atoms with E-state index in [0.29, 0.717) is 19.8 Å². The van der Waals surface area contributed by atoms with E-state index in [9.17, 15) is 0 Å². The molecule has 1 unspecified atom stereocenters. The van der Waals surface area contributed by atoms with Crippen molar-refractivity contribution in [2.24, 2.45) is 0 Å². The fourth-order valence-electron chi connectivity index (χ4n) is 1.06. The van der Waals surface area contributed by atoms with Crippen molar-refractivity contribution in [3.8, 4) is 0 Å². The molecular formula is C8H15O3. The molecule has 65 valence electrons. The van der Waals surface area contributed by atoms with E-state index < -0.39 is 5.79 Å². The van der Waals surface area contributed by atoms with Crippen molar-refractivity contribution in [2.75, 3.05) is 19.8 Å². The Kier molecular flexibility index (Phi) is 2.87. The van der Waals surface area contributed by atoms with Gasteiger partial charge in [0.05, 0.1) is 13.2 Å². The highest BCUT2D eigenvalue weighted by molar-refractivity contribution is 4.70. The van der Waals surface area contributed by atoms with E-state index in [1.807, 2.05) is 13.8 Å². The SMILES string of the molecule is [CH2]COCC1COC(C)(C)O1. The summed E-state index contributed by atoms with van der Waals surface area (Å²) in [7, 11) is 0. The molecule has 0 amide bonds. The molecule has 1 atom stereocenters. The first kappa shape index (κ1) is 8.97. The van der Waals surface area contributed by atoms with Crippen LogP contribution in [0.25, 0.3) is 0 Å². The molecular weight excluding hydrogens is 144 g/mol. The smallest absolute Gasteiger partial charge is 0.163 e. The first-order valence-electron chi connectivity index (χ1n) is 3.83. The third kappa shape index (κ3) is 2.77. The van der Waals surface area contributed by atoms with Crippen LogP contribution in [0, 0.1) is 6.92 Å². The minimum Gasteiger partial charge on any atom is -0.379 e. The van der Waals surface area contributed by atoms with Gasteiger partial charge in [0.25, 0.3) is 0 Å². The van der Waals surface area contributed by atoms with Crippen molar-refractivity contribution in [2.45, 2.75) is 25.7 Å². The fraction of sp³-hybridized carbons (Fsp3) is 0.875. The lowest BCUT2D eigenvalue weighted by Crippen LogP contribution is -2.24. The maximum absolute atomic E-state index is 5.48. The molecule has 0 spiro atoms. The highest BCUT2D eigenvalue weighted by atomic mass is 16.7. The van der Waals surface area contributed by atoms with E-state index in [1.165, 1.54) is 0 Å². The van der Waals surface area contributed by atoms with Gasteiger partial charge in [0.2, 0.25) is 0 Å². The van der Waals surface area contributed by atoms with Gasteiger partial charge in [0, 0.05) is 6.61 Å². The van der Waals surface area contributed by atoms with Crippen LogP contribution in [-0.2, 0) is 14.2 Å². The molecule has 0 aliphatic carbocycles. The number of hydrogen-bond donors (Lipinski definition) is 0. The van der Waals surface area contributed by atoms with Gasteiger partial charge >= 0.3 is 0 Å². The molecule has 3 nitrogen and oxygen atoms in total. The van der Waals surface area contributed by atoms with Crippen LogP contribution >= 0.6 is 0 Å². The highest BCUT2D eigenvalue weighted by Gasteiger charge is 2.32. The minimum atomic E-state index is -0.435. The summed E-state index contributed by atoms with van der Waals surface area (Å²) in [6, 6.07) is 0. The minimum absolute atomic E-state index is 0.0757. The third-order valence-corrected chi connectivity index (χ3v) is 1.52. The topological polar surface area (TPSA) is 27.7 Å². The fourth-order valence-corrected chi connectivity index (χ4v) is 1.06. The molecule has 0 aromatic carbocycles. The van der Waals surface area contributed by atoms with Crippen LogP contribution in [0.15, 0.2) is 0 Å². The summed E-state index contributed by atoms with van der Waals surface area (Å²) in [6.45, 7) is 9.05. The molecule has 11 heavy (non-hydrogen) atoms. The number of rotatable bonds is 3. The Labute approximate surface area is 67.6 Å². The Morgan fingerprint density at radius 3 is 2.82 bits per heavy atom. The van der Waals surface area contributed by atoms with Crippen LogP contribution in [-0.4, -0.2) is 31.7 Å². The van der Waals surface area contributed by atoms with Gasteiger partial charge < -0.3 is 14.2 Å². The molecule has 1 saturated heterocycles. The monoisotopic (exact) mass is 159 g/mol. The van der Waals surface area contributed by atoms with Gasteiger partial charge in [0.15, 0.2) is 5.79 Å². The van der Waals surface area contributed by atoms with Gasteiger partial charge in [-0.2, -0.15) is 0 Å². The Bertz CT molecular complexity index is 123. The lowest BCUT2D eigenvalue weighted by Gasteiger charge is -2.16. The molecule has 1 fully saturated rings. The summed E-state index contributed by atoms with van der Waals surface area (Å²) in [4.78, 5) is 0. The Balaban J connectivity index is 2.20. The summed E-state index contributed by atoms with van der Waals surface area (Å²) < 4.78 is 15.9. The van der Waals surface area contributed by atoms with Crippen LogP contribution in [0.2, 0.25) is 0 Å². The molecule has 1 rings (SSSR count). The van der Waals surface area contributed by atoms with Crippen molar-refractivity contribution >= 4 is 0 Å². The van der Waals surface area contributed by atoms with Gasteiger partial charge in [-0.25, -0.2) is 0 Å². The van der Waals surface area contributed by atoms with Crippen LogP contribution in [0.1, 0.15) is 13.8 Å². The normalized spacial score (nSPS) is 29.2. The predicted molar refractivity (Wildman–Crippen MR) is 41.1 cm³/mol. The zero-order chi connectivity index (χ0) is 8.32. The molecule has 1 radical (unpaired) electrons. The molecule has 3 heteroatoms. The molecule has 1 heterocycles. The first-order chi connectivity index (χ1) is 5.14. The van der Waals surface area contributed by atoms with Crippen LogP contribution < -0.4 is 0 Å². The molecule has 0 bridgehead atoms. The molecule has 0 aromatic heterocycles. The first-order valence-corrected chi connectivity index (χ1v) is 3.83. The summed E-state index contributed by atoms with van der Waals surface area (Å²) in [6.07, 6.45) is 0.0757. The second kappa shape index (κ2) is 3.52. The average molecular weight is 159 g/mol. The summed E-state index contributed by atoms with van der Waals surface area (Å²) >= 11 is 0. The van der Waals surface area contributed by atoms with E-state index in [1.54, 1.807) is 0 Å². The van der Waals surface area contributed by atoms with Gasteiger partial charge in [0.1, 0.15) is 6.10 Å². The third-order valence-electron chi connectivity index (χ3n) is 1.52. The predicted octanol–water partition coefficient (Wildman–Crippen LogP) is 0.989. The Morgan fingerprint density at radius 1 is 1.64 bits per heavy atom. The lowest BCUT2D eigenvalue weighted by atomic mass is 10.4. The maximum atomic E-state index is 5.48. The number of hydrogen-bond acceptors (Lipinski definition) is 3. The van der Waals surface area contributed by atoms with Crippen molar-refractivity contribution in [3.63, 3.8) is 0 Å². The molecule has 1 aliphatic heterocycles. The molecule has 0 N–H and O–H groups in total. The quantitative estimate of drug-likeness (QED) is 0.614. The van der Waals surface area contributed by atoms with Crippen molar-refractivity contribution < 1.29 is 14.2 Å². The zero-order valence-corrected chi connectivity index (χ0v) is 7.13. The van der Waals surface area contributed by atoms with Gasteiger partial charge in [-0.15, -0.1) is 0 Å².